The molecule has 0 N–H and O–H groups in total. The van der Waals surface area contributed by atoms with Crippen LogP contribution < -0.4 is 0 Å². The van der Waals surface area contributed by atoms with E-state index in [4.69, 9.17) is 9.47 Å². The Bertz CT molecular complexity index is 603. The monoisotopic (exact) mass is 402 g/mol. The van der Waals surface area contributed by atoms with Gasteiger partial charge in [-0.3, -0.25) is 0 Å². The fraction of sp³-hybridized carbons (Fsp3) is 0.808. The molecule has 29 heavy (non-hydrogen) atoms. The molecular weight excluding hydrogens is 360 g/mol. The molecule has 0 aromatic rings. The van der Waals surface area contributed by atoms with Crippen molar-refractivity contribution in [3.8, 4) is 0 Å². The first kappa shape index (κ1) is 22.7. The number of carbonyl (C=O) groups excluding carboxylic acids is 1. The van der Waals surface area contributed by atoms with Gasteiger partial charge in [0.25, 0.3) is 0 Å². The molecule has 1 unspecified atom stereocenters. The van der Waals surface area contributed by atoms with Gasteiger partial charge in [0.15, 0.2) is 6.29 Å². The number of aldehydes is 1. The summed E-state index contributed by atoms with van der Waals surface area (Å²) in [6, 6.07) is 0. The molecule has 2 aliphatic carbocycles. The molecular formula is C26H42O3. The lowest BCUT2D eigenvalue weighted by Gasteiger charge is -2.53. The van der Waals surface area contributed by atoms with E-state index in [0.29, 0.717) is 18.4 Å². The van der Waals surface area contributed by atoms with Gasteiger partial charge in [-0.25, -0.2) is 0 Å². The van der Waals surface area contributed by atoms with E-state index in [1.807, 2.05) is 0 Å². The number of carbonyl (C=O) groups is 1. The first-order chi connectivity index (χ1) is 13.9. The van der Waals surface area contributed by atoms with Gasteiger partial charge in [-0.1, -0.05) is 37.5 Å². The van der Waals surface area contributed by atoms with Gasteiger partial charge < -0.3 is 14.3 Å². The molecule has 0 amide bonds. The maximum Gasteiger partial charge on any atom is 0.157 e. The van der Waals surface area contributed by atoms with Crippen LogP contribution >= 0.6 is 0 Å². The van der Waals surface area contributed by atoms with Crippen molar-refractivity contribution in [3.63, 3.8) is 0 Å². The summed E-state index contributed by atoms with van der Waals surface area (Å²) in [6.45, 7) is 12.3. The molecule has 3 heteroatoms. The molecule has 164 valence electrons. The maximum absolute atomic E-state index is 12.6. The third-order valence-corrected chi connectivity index (χ3v) is 8.08. The molecule has 2 fully saturated rings. The van der Waals surface area contributed by atoms with Crippen LogP contribution in [0.15, 0.2) is 23.8 Å². The molecule has 1 aliphatic heterocycles. The molecule has 0 aromatic carbocycles. The van der Waals surface area contributed by atoms with E-state index in [-0.39, 0.29) is 17.1 Å². The van der Waals surface area contributed by atoms with Crippen LogP contribution in [0.25, 0.3) is 0 Å². The van der Waals surface area contributed by atoms with Crippen LogP contribution in [-0.2, 0) is 14.3 Å². The van der Waals surface area contributed by atoms with E-state index < -0.39 is 0 Å². The second kappa shape index (κ2) is 9.92. The fourth-order valence-electron chi connectivity index (χ4n) is 6.17. The van der Waals surface area contributed by atoms with Gasteiger partial charge >= 0.3 is 0 Å². The van der Waals surface area contributed by atoms with Gasteiger partial charge in [-0.2, -0.15) is 0 Å². The zero-order valence-electron chi connectivity index (χ0n) is 19.0. The number of rotatable bonds is 9. The summed E-state index contributed by atoms with van der Waals surface area (Å²) in [5.41, 5.74) is 2.80. The Kier molecular flexibility index (Phi) is 7.78. The standard InChI is InChI=1S/C26H42O3/c1-20(2)9-7-14-25(4)15-8-10-23-22(25)13-12-21(3)26(23,19-27)16-18-29-24-11-5-6-17-28-24/h13,19,21,23-24H,1,5-12,14-18H2,2-4H3/t21-,23-,24?,25-,26+/m1/s1. The number of allylic oxidation sites excluding steroid dienone is 3. The van der Waals surface area contributed by atoms with E-state index in [1.165, 1.54) is 44.0 Å². The fourth-order valence-corrected chi connectivity index (χ4v) is 6.17. The summed E-state index contributed by atoms with van der Waals surface area (Å²) in [5.74, 6) is 0.755. The lowest BCUT2D eigenvalue weighted by Crippen LogP contribution is -2.47. The molecule has 5 atom stereocenters. The summed E-state index contributed by atoms with van der Waals surface area (Å²) in [4.78, 5) is 12.6. The highest BCUT2D eigenvalue weighted by Gasteiger charge is 2.51. The van der Waals surface area contributed by atoms with E-state index >= 15 is 0 Å². The Morgan fingerprint density at radius 2 is 2.14 bits per heavy atom. The smallest absolute Gasteiger partial charge is 0.157 e. The number of ether oxygens (including phenoxy) is 2. The van der Waals surface area contributed by atoms with Crippen LogP contribution in [0.2, 0.25) is 0 Å². The van der Waals surface area contributed by atoms with Gasteiger partial charge in [0.05, 0.1) is 6.61 Å². The SMILES string of the molecule is C=C(C)CCC[C@]1(C)CCC[C@@H]2C1=CC[C@@H](C)[C@@]2(C=O)CCOC1CCCCO1. The molecule has 0 bridgehead atoms. The third-order valence-electron chi connectivity index (χ3n) is 8.08. The van der Waals surface area contributed by atoms with Crippen molar-refractivity contribution in [1.82, 2.24) is 0 Å². The van der Waals surface area contributed by atoms with Crippen molar-refractivity contribution >= 4 is 6.29 Å². The van der Waals surface area contributed by atoms with Crippen LogP contribution in [-0.4, -0.2) is 25.8 Å². The van der Waals surface area contributed by atoms with Crippen LogP contribution in [0.4, 0.5) is 0 Å². The lowest BCUT2D eigenvalue weighted by atomic mass is 9.51. The van der Waals surface area contributed by atoms with Crippen molar-refractivity contribution in [1.29, 1.82) is 0 Å². The second-order valence-electron chi connectivity index (χ2n) is 10.3. The molecule has 0 radical (unpaired) electrons. The largest absolute Gasteiger partial charge is 0.353 e. The van der Waals surface area contributed by atoms with Crippen molar-refractivity contribution in [2.24, 2.45) is 22.7 Å². The number of fused-ring (bicyclic) bond motifs is 1. The maximum atomic E-state index is 12.6. The minimum absolute atomic E-state index is 0.0693. The summed E-state index contributed by atoms with van der Waals surface area (Å²) < 4.78 is 11.8. The highest BCUT2D eigenvalue weighted by atomic mass is 16.7. The van der Waals surface area contributed by atoms with Crippen molar-refractivity contribution in [2.45, 2.75) is 97.7 Å². The van der Waals surface area contributed by atoms with Gasteiger partial charge in [0.2, 0.25) is 0 Å². The first-order valence-electron chi connectivity index (χ1n) is 12.0. The van der Waals surface area contributed by atoms with Crippen molar-refractivity contribution < 1.29 is 14.3 Å². The molecule has 3 aliphatic rings. The van der Waals surface area contributed by atoms with Gasteiger partial charge in [0, 0.05) is 12.0 Å². The zero-order chi connectivity index (χ0) is 20.9. The van der Waals surface area contributed by atoms with Crippen LogP contribution in [0, 0.1) is 22.7 Å². The first-order valence-corrected chi connectivity index (χ1v) is 12.0. The summed E-state index contributed by atoms with van der Waals surface area (Å²) >= 11 is 0. The van der Waals surface area contributed by atoms with E-state index in [2.05, 4.69) is 33.4 Å². The molecule has 3 rings (SSSR count). The van der Waals surface area contributed by atoms with Crippen LogP contribution in [0.5, 0.6) is 0 Å². The Balaban J connectivity index is 1.71. The number of hydrogen-bond acceptors (Lipinski definition) is 3. The predicted octanol–water partition coefficient (Wildman–Crippen LogP) is 6.62. The molecule has 3 nitrogen and oxygen atoms in total. The quantitative estimate of drug-likeness (QED) is 0.321. The molecule has 1 heterocycles. The Morgan fingerprint density at radius 3 is 2.83 bits per heavy atom. The summed E-state index contributed by atoms with van der Waals surface area (Å²) in [6.07, 6.45) is 16.0. The van der Waals surface area contributed by atoms with Gasteiger partial charge in [-0.05, 0) is 88.4 Å². The highest BCUT2D eigenvalue weighted by Crippen LogP contribution is 2.58. The summed E-state index contributed by atoms with van der Waals surface area (Å²) in [5, 5.41) is 0. The second-order valence-corrected chi connectivity index (χ2v) is 10.3. The van der Waals surface area contributed by atoms with E-state index in [0.717, 1.165) is 45.1 Å². The highest BCUT2D eigenvalue weighted by molar-refractivity contribution is 5.63. The Labute approximate surface area is 178 Å². The van der Waals surface area contributed by atoms with Crippen molar-refractivity contribution in [3.05, 3.63) is 23.8 Å². The zero-order valence-corrected chi connectivity index (χ0v) is 19.0. The van der Waals surface area contributed by atoms with E-state index in [1.54, 1.807) is 5.57 Å². The van der Waals surface area contributed by atoms with Crippen LogP contribution in [0.3, 0.4) is 0 Å². The van der Waals surface area contributed by atoms with Crippen molar-refractivity contribution in [2.75, 3.05) is 13.2 Å². The molecule has 1 saturated heterocycles. The minimum atomic E-state index is -0.283. The van der Waals surface area contributed by atoms with Crippen LogP contribution in [0.1, 0.15) is 91.4 Å². The average molecular weight is 403 g/mol. The van der Waals surface area contributed by atoms with Gasteiger partial charge in [0.1, 0.15) is 6.29 Å². The Morgan fingerprint density at radius 1 is 1.31 bits per heavy atom. The van der Waals surface area contributed by atoms with Gasteiger partial charge in [-0.15, -0.1) is 6.58 Å². The minimum Gasteiger partial charge on any atom is -0.353 e. The van der Waals surface area contributed by atoms with E-state index in [9.17, 15) is 4.79 Å². The third kappa shape index (κ3) is 5.05. The predicted molar refractivity (Wildman–Crippen MR) is 119 cm³/mol. The summed E-state index contributed by atoms with van der Waals surface area (Å²) in [7, 11) is 0. The Hall–Kier alpha value is -0.930. The topological polar surface area (TPSA) is 35.5 Å². The molecule has 1 saturated carbocycles. The number of hydrogen-bond donors (Lipinski definition) is 0. The average Bonchev–Trinajstić information content (AvgIpc) is 2.70. The molecule has 0 spiro atoms. The molecule has 0 aromatic heterocycles. The lowest BCUT2D eigenvalue weighted by molar-refractivity contribution is -0.170. The normalized spacial score (nSPS) is 37.5.